The van der Waals surface area contributed by atoms with Crippen LogP contribution in [0.5, 0.6) is 0 Å². The van der Waals surface area contributed by atoms with Crippen molar-refractivity contribution in [1.82, 2.24) is 10.6 Å². The number of hydrogen-bond donors (Lipinski definition) is 3. The number of halogens is 3. The Labute approximate surface area is 173 Å². The van der Waals surface area contributed by atoms with Gasteiger partial charge in [-0.25, -0.2) is 5.54 Å². The molecular formula is C18H17Cl2FN3O3P. The molecule has 0 aliphatic rings. The summed E-state index contributed by atoms with van der Waals surface area (Å²) in [5, 5.41) is 5.85. The molecule has 2 rings (SSSR count). The highest BCUT2D eigenvalue weighted by Crippen LogP contribution is 2.26. The number of hydrogen-bond acceptors (Lipinski definition) is 4. The third-order valence-corrected chi connectivity index (χ3v) is 4.34. The standard InChI is InChI=1S/C18H17Cl2FN3O3P/c19-12-4-11(5-13(20)7-12)15(8-17(26)28)23-16(25)9-22-18(27)10-2-1-3-14(6-10)24-21/h1-7,15,24H,8-9,28H2,(H,22,27)(H,23,25). The van der Waals surface area contributed by atoms with E-state index < -0.39 is 17.9 Å². The third kappa shape index (κ3) is 6.75. The predicted octanol–water partition coefficient (Wildman–Crippen LogP) is 3.67. The van der Waals surface area contributed by atoms with Gasteiger partial charge in [-0.3, -0.25) is 14.4 Å². The Morgan fingerprint density at radius 2 is 1.75 bits per heavy atom. The zero-order chi connectivity index (χ0) is 20.7. The van der Waals surface area contributed by atoms with Gasteiger partial charge in [0.1, 0.15) is 0 Å². The van der Waals surface area contributed by atoms with Gasteiger partial charge in [-0.15, -0.1) is 4.48 Å². The number of rotatable bonds is 8. The van der Waals surface area contributed by atoms with Crippen molar-refractivity contribution >= 4 is 55.5 Å². The molecule has 0 spiro atoms. The summed E-state index contributed by atoms with van der Waals surface area (Å²) >= 11 is 12.0. The summed E-state index contributed by atoms with van der Waals surface area (Å²) in [5.74, 6) is -1.06. The lowest BCUT2D eigenvalue weighted by molar-refractivity contribution is -0.121. The molecule has 6 nitrogen and oxygen atoms in total. The number of nitrogens with one attached hydrogen (secondary N) is 3. The van der Waals surface area contributed by atoms with E-state index >= 15 is 0 Å². The Hall–Kier alpha value is -2.21. The first-order chi connectivity index (χ1) is 13.3. The number of carbonyl (C=O) groups excluding carboxylic acids is 3. The first-order valence-electron chi connectivity index (χ1n) is 8.07. The van der Waals surface area contributed by atoms with Crippen molar-refractivity contribution in [1.29, 1.82) is 0 Å². The highest BCUT2D eigenvalue weighted by molar-refractivity contribution is 7.40. The Morgan fingerprint density at radius 3 is 2.36 bits per heavy atom. The minimum Gasteiger partial charge on any atom is -0.347 e. The monoisotopic (exact) mass is 443 g/mol. The SMILES string of the molecule is O=C(P)CC(NC(=O)CNC(=O)c1cccc(NF)c1)c1cc(Cl)cc(Cl)c1. The molecule has 2 unspecified atom stereocenters. The van der Waals surface area contributed by atoms with Crippen LogP contribution in [0.25, 0.3) is 0 Å². The van der Waals surface area contributed by atoms with E-state index in [0.29, 0.717) is 15.6 Å². The minimum atomic E-state index is -0.662. The average molecular weight is 444 g/mol. The zero-order valence-electron chi connectivity index (χ0n) is 14.5. The van der Waals surface area contributed by atoms with Gasteiger partial charge in [0.15, 0.2) is 5.52 Å². The Morgan fingerprint density at radius 1 is 1.07 bits per heavy atom. The van der Waals surface area contributed by atoms with Gasteiger partial charge in [-0.2, -0.15) is 0 Å². The van der Waals surface area contributed by atoms with E-state index in [0.717, 1.165) is 0 Å². The van der Waals surface area contributed by atoms with Crippen LogP contribution in [0.15, 0.2) is 42.5 Å². The number of amides is 2. The summed E-state index contributed by atoms with van der Waals surface area (Å²) in [7, 11) is 2.04. The van der Waals surface area contributed by atoms with Gasteiger partial charge in [-0.1, -0.05) is 38.5 Å². The van der Waals surface area contributed by atoms with E-state index in [1.165, 1.54) is 35.9 Å². The maximum Gasteiger partial charge on any atom is 0.251 e. The molecule has 2 aromatic carbocycles. The van der Waals surface area contributed by atoms with Gasteiger partial charge < -0.3 is 10.6 Å². The van der Waals surface area contributed by atoms with Crippen LogP contribution in [0.2, 0.25) is 10.0 Å². The van der Waals surface area contributed by atoms with Gasteiger partial charge >= 0.3 is 0 Å². The topological polar surface area (TPSA) is 87.3 Å². The highest BCUT2D eigenvalue weighted by atomic mass is 35.5. The van der Waals surface area contributed by atoms with E-state index in [1.807, 2.05) is 9.24 Å². The van der Waals surface area contributed by atoms with Crippen molar-refractivity contribution in [3.63, 3.8) is 0 Å². The first kappa shape index (κ1) is 22.1. The van der Waals surface area contributed by atoms with E-state index in [2.05, 4.69) is 10.6 Å². The van der Waals surface area contributed by atoms with Crippen LogP contribution in [0.3, 0.4) is 0 Å². The van der Waals surface area contributed by atoms with Gasteiger partial charge in [0.05, 0.1) is 18.3 Å². The molecule has 0 saturated carbocycles. The van der Waals surface area contributed by atoms with Gasteiger partial charge in [0.2, 0.25) is 5.91 Å². The lowest BCUT2D eigenvalue weighted by Crippen LogP contribution is -2.39. The Balaban J connectivity index is 2.02. The molecule has 3 N–H and O–H groups in total. The molecule has 2 aromatic rings. The fourth-order valence-corrected chi connectivity index (χ4v) is 3.24. The second kappa shape index (κ2) is 10.4. The van der Waals surface area contributed by atoms with Crippen molar-refractivity contribution in [2.75, 3.05) is 12.1 Å². The molecule has 0 saturated heterocycles. The van der Waals surface area contributed by atoms with Crippen molar-refractivity contribution in [3.8, 4) is 0 Å². The molecule has 28 heavy (non-hydrogen) atoms. The van der Waals surface area contributed by atoms with Crippen molar-refractivity contribution in [2.45, 2.75) is 12.5 Å². The van der Waals surface area contributed by atoms with Gasteiger partial charge in [-0.05, 0) is 42.0 Å². The summed E-state index contributed by atoms with van der Waals surface area (Å²) in [6.45, 7) is -0.331. The summed E-state index contributed by atoms with van der Waals surface area (Å²) < 4.78 is 12.5. The largest absolute Gasteiger partial charge is 0.347 e. The smallest absolute Gasteiger partial charge is 0.251 e. The highest BCUT2D eigenvalue weighted by Gasteiger charge is 2.18. The summed E-state index contributed by atoms with van der Waals surface area (Å²) in [5.41, 5.74) is 2.10. The minimum absolute atomic E-state index is 0.00520. The second-order valence-corrected chi connectivity index (χ2v) is 7.37. The molecule has 0 aromatic heterocycles. The van der Waals surface area contributed by atoms with Crippen LogP contribution in [-0.2, 0) is 9.59 Å². The summed E-state index contributed by atoms with van der Waals surface area (Å²) in [4.78, 5) is 35.9. The molecule has 148 valence electrons. The molecule has 0 heterocycles. The van der Waals surface area contributed by atoms with E-state index in [1.54, 1.807) is 12.1 Å². The van der Waals surface area contributed by atoms with Crippen LogP contribution >= 0.6 is 32.4 Å². The maximum absolute atomic E-state index is 12.5. The summed E-state index contributed by atoms with van der Waals surface area (Å²) in [6, 6.07) is 9.80. The normalized spacial score (nSPS) is 11.4. The van der Waals surface area contributed by atoms with Crippen molar-refractivity contribution < 1.29 is 18.9 Å². The third-order valence-electron chi connectivity index (χ3n) is 3.67. The number of benzene rings is 2. The molecular weight excluding hydrogens is 427 g/mol. The number of carbonyl (C=O) groups is 3. The molecule has 10 heteroatoms. The van der Waals surface area contributed by atoms with E-state index in [9.17, 15) is 18.9 Å². The molecule has 2 atom stereocenters. The van der Waals surface area contributed by atoms with Crippen LogP contribution in [0.4, 0.5) is 10.2 Å². The van der Waals surface area contributed by atoms with Crippen LogP contribution in [0.1, 0.15) is 28.4 Å². The predicted molar refractivity (Wildman–Crippen MR) is 110 cm³/mol. The molecule has 2 amide bonds. The van der Waals surface area contributed by atoms with Crippen LogP contribution < -0.4 is 16.2 Å². The summed E-state index contributed by atoms with van der Waals surface area (Å²) in [6.07, 6.45) is 0.00520. The fraction of sp³-hybridized carbons (Fsp3) is 0.167. The van der Waals surface area contributed by atoms with Crippen LogP contribution in [0, 0.1) is 0 Å². The molecule has 0 fully saturated rings. The average Bonchev–Trinajstić information content (AvgIpc) is 2.64. The number of anilines is 1. The maximum atomic E-state index is 12.5. The molecule has 0 bridgehead atoms. The van der Waals surface area contributed by atoms with Crippen molar-refractivity contribution in [3.05, 3.63) is 63.6 Å². The van der Waals surface area contributed by atoms with E-state index in [4.69, 9.17) is 23.2 Å². The van der Waals surface area contributed by atoms with Crippen LogP contribution in [-0.4, -0.2) is 23.9 Å². The van der Waals surface area contributed by atoms with Gasteiger partial charge in [0, 0.05) is 22.0 Å². The Bertz CT molecular complexity index is 878. The Kier molecular flexibility index (Phi) is 8.18. The van der Waals surface area contributed by atoms with E-state index in [-0.39, 0.29) is 29.7 Å². The first-order valence-corrected chi connectivity index (χ1v) is 9.40. The quantitative estimate of drug-likeness (QED) is 0.429. The molecule has 0 radical (unpaired) electrons. The lowest BCUT2D eigenvalue weighted by Gasteiger charge is -2.19. The van der Waals surface area contributed by atoms with Crippen molar-refractivity contribution in [2.24, 2.45) is 0 Å². The second-order valence-electron chi connectivity index (χ2n) is 5.85. The molecule has 0 aliphatic carbocycles. The van der Waals surface area contributed by atoms with Gasteiger partial charge in [0.25, 0.3) is 5.91 Å². The fourth-order valence-electron chi connectivity index (χ4n) is 2.46. The zero-order valence-corrected chi connectivity index (χ0v) is 17.1. The lowest BCUT2D eigenvalue weighted by atomic mass is 10.0. The molecule has 0 aliphatic heterocycles.